The lowest BCUT2D eigenvalue weighted by atomic mass is 10.1. The van der Waals surface area contributed by atoms with Crippen LogP contribution in [0.15, 0.2) is 51.0 Å². The highest BCUT2D eigenvalue weighted by atomic mass is 32.1. The van der Waals surface area contributed by atoms with E-state index in [0.717, 1.165) is 11.6 Å². The summed E-state index contributed by atoms with van der Waals surface area (Å²) in [5.74, 6) is -0.171. The minimum atomic E-state index is -0.636. The average Bonchev–Trinajstić information content (AvgIpc) is 3.07. The van der Waals surface area contributed by atoms with E-state index in [2.05, 4.69) is 10.3 Å². The summed E-state index contributed by atoms with van der Waals surface area (Å²) >= 11 is 1.34. The van der Waals surface area contributed by atoms with Crippen molar-refractivity contribution in [3.63, 3.8) is 0 Å². The Balaban J connectivity index is 1.69. The van der Waals surface area contributed by atoms with Crippen LogP contribution in [-0.2, 0) is 4.79 Å². The molecule has 0 bridgehead atoms. The largest absolute Gasteiger partial charge is 0.497 e. The van der Waals surface area contributed by atoms with Gasteiger partial charge in [0.2, 0.25) is 11.8 Å². The smallest absolute Gasteiger partial charge is 0.348 e. The third-order valence-electron chi connectivity index (χ3n) is 4.04. The van der Waals surface area contributed by atoms with E-state index in [0.29, 0.717) is 21.5 Å². The van der Waals surface area contributed by atoms with Gasteiger partial charge in [-0.3, -0.25) is 9.59 Å². The topological polar surface area (TPSA) is 98.5 Å². The predicted molar refractivity (Wildman–Crippen MR) is 106 cm³/mol. The van der Waals surface area contributed by atoms with Crippen molar-refractivity contribution in [1.82, 2.24) is 10.3 Å². The second-order valence-electron chi connectivity index (χ2n) is 6.10. The molecule has 0 spiro atoms. The van der Waals surface area contributed by atoms with Crippen LogP contribution in [0, 0.1) is 6.92 Å². The number of thiophene rings is 1. The maximum atomic E-state index is 12.2. The quantitative estimate of drug-likeness (QED) is 0.506. The maximum absolute atomic E-state index is 12.2. The van der Waals surface area contributed by atoms with E-state index in [-0.39, 0.29) is 11.7 Å². The minimum absolute atomic E-state index is 0.111. The first-order chi connectivity index (χ1) is 13.4. The Bertz CT molecular complexity index is 1130. The van der Waals surface area contributed by atoms with Crippen LogP contribution in [0.4, 0.5) is 0 Å². The Labute approximate surface area is 164 Å². The Kier molecular flexibility index (Phi) is 5.70. The first-order valence-corrected chi connectivity index (χ1v) is 9.33. The zero-order valence-corrected chi connectivity index (χ0v) is 16.3. The predicted octanol–water partition coefficient (Wildman–Crippen LogP) is 3.18. The van der Waals surface area contributed by atoms with Gasteiger partial charge >= 0.3 is 5.63 Å². The molecule has 8 heteroatoms. The lowest BCUT2D eigenvalue weighted by Gasteiger charge is -2.10. The summed E-state index contributed by atoms with van der Waals surface area (Å²) in [6.07, 6.45) is 2.30. The van der Waals surface area contributed by atoms with Crippen LogP contribution in [0.1, 0.15) is 34.8 Å². The summed E-state index contributed by atoms with van der Waals surface area (Å²) in [6, 6.07) is 6.00. The highest BCUT2D eigenvalue weighted by Crippen LogP contribution is 2.22. The number of ether oxygens (including phenoxy) is 1. The molecule has 1 atom stereocenters. The number of aromatic nitrogens is 1. The molecule has 0 aliphatic rings. The van der Waals surface area contributed by atoms with Crippen molar-refractivity contribution in [3.05, 3.63) is 69.2 Å². The highest BCUT2D eigenvalue weighted by Gasteiger charge is 2.17. The Hall–Kier alpha value is -3.26. The Morgan fingerprint density at radius 3 is 2.86 bits per heavy atom. The number of carbonyl (C=O) groups is 2. The number of hydrogen-bond acceptors (Lipinski definition) is 7. The number of carbonyl (C=O) groups excluding carboxylic acids is 2. The van der Waals surface area contributed by atoms with Gasteiger partial charge in [-0.05, 0) is 43.0 Å². The van der Waals surface area contributed by atoms with E-state index in [1.165, 1.54) is 24.5 Å². The van der Waals surface area contributed by atoms with Crippen LogP contribution in [0.25, 0.3) is 10.2 Å². The number of ketones is 1. The van der Waals surface area contributed by atoms with Crippen LogP contribution in [0.3, 0.4) is 0 Å². The highest BCUT2D eigenvalue weighted by molar-refractivity contribution is 7.16. The second kappa shape index (κ2) is 8.18. The van der Waals surface area contributed by atoms with Gasteiger partial charge in [-0.25, -0.2) is 9.78 Å². The molecule has 1 amide bonds. The zero-order chi connectivity index (χ0) is 20.3. The molecule has 0 fully saturated rings. The fourth-order valence-corrected chi connectivity index (χ4v) is 3.47. The van der Waals surface area contributed by atoms with E-state index >= 15 is 0 Å². The number of benzene rings is 1. The fourth-order valence-electron chi connectivity index (χ4n) is 2.56. The first kappa shape index (κ1) is 19.5. The summed E-state index contributed by atoms with van der Waals surface area (Å²) in [5.41, 5.74) is 0.731. The van der Waals surface area contributed by atoms with E-state index in [4.69, 9.17) is 9.15 Å². The SMILES string of the molecule is COc1cccc(C(=O)C=CC(=O)N[C@@H](C)c2nc3scc(C)c3c(=O)o2)c1. The fraction of sp³-hybridized carbons (Fsp3) is 0.200. The van der Waals surface area contributed by atoms with Crippen LogP contribution < -0.4 is 15.7 Å². The number of nitrogens with zero attached hydrogens (tertiary/aromatic N) is 1. The summed E-state index contributed by atoms with van der Waals surface area (Å²) in [7, 11) is 1.51. The van der Waals surface area contributed by atoms with E-state index in [1.807, 2.05) is 12.3 Å². The molecule has 2 heterocycles. The Morgan fingerprint density at radius 2 is 2.11 bits per heavy atom. The number of nitrogens with one attached hydrogen (secondary N) is 1. The molecule has 3 aromatic rings. The van der Waals surface area contributed by atoms with Gasteiger partial charge in [0.05, 0.1) is 12.5 Å². The van der Waals surface area contributed by atoms with E-state index < -0.39 is 17.6 Å². The molecule has 1 aromatic carbocycles. The van der Waals surface area contributed by atoms with Crippen molar-refractivity contribution in [2.75, 3.05) is 7.11 Å². The number of amides is 1. The van der Waals surface area contributed by atoms with E-state index in [1.54, 1.807) is 31.2 Å². The van der Waals surface area contributed by atoms with Gasteiger partial charge in [-0.15, -0.1) is 11.3 Å². The van der Waals surface area contributed by atoms with Crippen molar-refractivity contribution in [2.45, 2.75) is 19.9 Å². The third kappa shape index (κ3) is 4.17. The average molecular weight is 398 g/mol. The molecule has 7 nitrogen and oxygen atoms in total. The lowest BCUT2D eigenvalue weighted by molar-refractivity contribution is -0.117. The molecule has 0 radical (unpaired) electrons. The van der Waals surface area contributed by atoms with Crippen LogP contribution in [-0.4, -0.2) is 23.8 Å². The molecular formula is C20H18N2O5S. The van der Waals surface area contributed by atoms with Crippen LogP contribution >= 0.6 is 11.3 Å². The van der Waals surface area contributed by atoms with Crippen molar-refractivity contribution >= 4 is 33.2 Å². The molecule has 0 aliphatic carbocycles. The van der Waals surface area contributed by atoms with Gasteiger partial charge in [0.1, 0.15) is 16.6 Å². The molecule has 0 aliphatic heterocycles. The van der Waals surface area contributed by atoms with Crippen LogP contribution in [0.2, 0.25) is 0 Å². The molecule has 144 valence electrons. The Morgan fingerprint density at radius 1 is 1.32 bits per heavy atom. The van der Waals surface area contributed by atoms with Gasteiger partial charge < -0.3 is 14.5 Å². The second-order valence-corrected chi connectivity index (χ2v) is 6.96. The standard InChI is InChI=1S/C20H18N2O5S/c1-11-10-28-19-17(11)20(25)27-18(22-19)12(2)21-16(24)8-7-15(23)13-5-4-6-14(9-13)26-3/h4-10,12H,1-3H3,(H,21,24)/t12-/m0/s1. The number of methoxy groups -OCH3 is 1. The van der Waals surface area contributed by atoms with Crippen molar-refractivity contribution in [1.29, 1.82) is 0 Å². The molecule has 1 N–H and O–H groups in total. The third-order valence-corrected chi connectivity index (χ3v) is 5.03. The summed E-state index contributed by atoms with van der Waals surface area (Å²) in [5, 5.41) is 4.91. The van der Waals surface area contributed by atoms with Gasteiger partial charge in [0.25, 0.3) is 0 Å². The van der Waals surface area contributed by atoms with Gasteiger partial charge in [-0.1, -0.05) is 12.1 Å². The number of allylic oxidation sites excluding steroid dienone is 1. The number of rotatable bonds is 6. The number of hydrogen-bond donors (Lipinski definition) is 1. The van der Waals surface area contributed by atoms with Gasteiger partial charge in [0, 0.05) is 11.6 Å². The number of aryl methyl sites for hydroxylation is 1. The molecule has 28 heavy (non-hydrogen) atoms. The molecule has 0 saturated heterocycles. The lowest BCUT2D eigenvalue weighted by Crippen LogP contribution is -2.26. The molecule has 0 unspecified atom stereocenters. The zero-order valence-electron chi connectivity index (χ0n) is 15.5. The maximum Gasteiger partial charge on any atom is 0.348 e. The van der Waals surface area contributed by atoms with Crippen molar-refractivity contribution in [3.8, 4) is 5.75 Å². The number of fused-ring (bicyclic) bond motifs is 1. The molecule has 2 aromatic heterocycles. The molecule has 3 rings (SSSR count). The van der Waals surface area contributed by atoms with E-state index in [9.17, 15) is 14.4 Å². The van der Waals surface area contributed by atoms with Gasteiger partial charge in [0.15, 0.2) is 5.78 Å². The summed E-state index contributed by atoms with van der Waals surface area (Å²) in [6.45, 7) is 3.46. The molecule has 0 saturated carbocycles. The van der Waals surface area contributed by atoms with Crippen molar-refractivity contribution in [2.24, 2.45) is 0 Å². The summed E-state index contributed by atoms with van der Waals surface area (Å²) in [4.78, 5) is 41.3. The molecular weight excluding hydrogens is 380 g/mol. The van der Waals surface area contributed by atoms with Gasteiger partial charge in [-0.2, -0.15) is 0 Å². The van der Waals surface area contributed by atoms with Crippen molar-refractivity contribution < 1.29 is 18.7 Å². The first-order valence-electron chi connectivity index (χ1n) is 8.45. The van der Waals surface area contributed by atoms with Crippen LogP contribution in [0.5, 0.6) is 5.75 Å². The normalized spacial score (nSPS) is 12.2. The monoisotopic (exact) mass is 398 g/mol. The summed E-state index contributed by atoms with van der Waals surface area (Å²) < 4.78 is 10.3. The minimum Gasteiger partial charge on any atom is -0.497 e.